The van der Waals surface area contributed by atoms with Crippen molar-refractivity contribution in [1.82, 2.24) is 0 Å². The summed E-state index contributed by atoms with van der Waals surface area (Å²) in [4.78, 5) is 0. The second-order valence-electron chi connectivity index (χ2n) is 12.4. The van der Waals surface area contributed by atoms with E-state index in [1.54, 1.807) is 18.9 Å². The van der Waals surface area contributed by atoms with E-state index < -0.39 is 8.80 Å². The van der Waals surface area contributed by atoms with E-state index in [0.29, 0.717) is 16.6 Å². The van der Waals surface area contributed by atoms with Gasteiger partial charge in [-0.2, -0.15) is 0 Å². The number of methoxy groups -OCH3 is 1. The van der Waals surface area contributed by atoms with Crippen LogP contribution >= 0.6 is 0 Å². The van der Waals surface area contributed by atoms with Gasteiger partial charge >= 0.3 is 0 Å². The summed E-state index contributed by atoms with van der Waals surface area (Å²) in [6.45, 7) is 12.8. The number of hydrogen-bond donors (Lipinski definition) is 0. The number of rotatable bonds is 6. The van der Waals surface area contributed by atoms with Gasteiger partial charge in [-0.3, -0.25) is 0 Å². The summed E-state index contributed by atoms with van der Waals surface area (Å²) in [5.74, 6) is 3.84. The maximum absolute atomic E-state index is 5.77. The number of ether oxygens (including phenoxy) is 1. The molecule has 2 heteroatoms. The van der Waals surface area contributed by atoms with Crippen LogP contribution < -0.4 is 0 Å². The van der Waals surface area contributed by atoms with Crippen molar-refractivity contribution in [2.45, 2.75) is 122 Å². The molecule has 4 rings (SSSR count). The molecule has 4 aliphatic rings. The molecule has 0 unspecified atom stereocenters. The Balaban J connectivity index is 1.48. The van der Waals surface area contributed by atoms with Gasteiger partial charge < -0.3 is 4.74 Å². The minimum atomic E-state index is -0.762. The van der Waals surface area contributed by atoms with Gasteiger partial charge in [-0.05, 0) is 84.6 Å². The fourth-order valence-corrected chi connectivity index (χ4v) is 14.7. The van der Waals surface area contributed by atoms with Gasteiger partial charge in [0.05, 0.1) is 14.9 Å². The highest BCUT2D eigenvalue weighted by Gasteiger charge is 2.59. The van der Waals surface area contributed by atoms with Crippen LogP contribution in [0.3, 0.4) is 0 Å². The van der Waals surface area contributed by atoms with E-state index in [2.05, 4.69) is 40.7 Å². The molecule has 0 bridgehead atoms. The summed E-state index contributed by atoms with van der Waals surface area (Å²) in [5, 5.41) is 0.611. The third-order valence-corrected chi connectivity index (χ3v) is 15.6. The molecule has 0 radical (unpaired) electrons. The summed E-state index contributed by atoms with van der Waals surface area (Å²) < 4.78 is 5.77. The van der Waals surface area contributed by atoms with E-state index in [4.69, 9.17) is 4.74 Å². The molecule has 2 saturated carbocycles. The smallest absolute Gasteiger partial charge is 0.0608 e. The van der Waals surface area contributed by atoms with Crippen molar-refractivity contribution in [1.29, 1.82) is 0 Å². The Morgan fingerprint density at radius 2 is 1.90 bits per heavy atom. The van der Waals surface area contributed by atoms with Crippen LogP contribution in [0.1, 0.15) is 98.8 Å². The molecule has 29 heavy (non-hydrogen) atoms. The number of allylic oxidation sites excluding steroid dienone is 1. The van der Waals surface area contributed by atoms with Crippen LogP contribution in [-0.2, 0) is 4.74 Å². The Morgan fingerprint density at radius 1 is 1.10 bits per heavy atom. The molecule has 1 saturated heterocycles. The van der Waals surface area contributed by atoms with E-state index in [-0.39, 0.29) is 0 Å². The van der Waals surface area contributed by atoms with Gasteiger partial charge in [0.1, 0.15) is 0 Å². The molecule has 2 aliphatic heterocycles. The Kier molecular flexibility index (Phi) is 6.45. The first-order valence-corrected chi connectivity index (χ1v) is 15.1. The number of hydrogen-bond acceptors (Lipinski definition) is 1. The Labute approximate surface area is 183 Å². The second kappa shape index (κ2) is 8.45. The highest BCUT2D eigenvalue weighted by atomic mass is 28.3. The lowest BCUT2D eigenvalue weighted by Crippen LogP contribution is -2.51. The molecule has 3 fully saturated rings. The summed E-state index contributed by atoms with van der Waals surface area (Å²) in [5.41, 5.74) is 3.56. The minimum Gasteiger partial charge on any atom is -0.381 e. The molecular formula is C27H48OSi. The molecule has 0 N–H and O–H groups in total. The molecule has 0 aromatic carbocycles. The van der Waals surface area contributed by atoms with Crippen LogP contribution in [-0.4, -0.2) is 22.0 Å². The van der Waals surface area contributed by atoms with Gasteiger partial charge in [0.25, 0.3) is 0 Å². The third-order valence-electron chi connectivity index (χ3n) is 10.6. The van der Waals surface area contributed by atoms with Crippen LogP contribution in [0.5, 0.6) is 0 Å². The van der Waals surface area contributed by atoms with E-state index in [0.717, 1.165) is 29.2 Å². The third kappa shape index (κ3) is 3.84. The molecule has 2 heterocycles. The summed E-state index contributed by atoms with van der Waals surface area (Å²) >= 11 is 0. The molecule has 0 spiro atoms. The van der Waals surface area contributed by atoms with Crippen LogP contribution in [0.25, 0.3) is 0 Å². The SMILES string of the molecule is CO[C@@H]1CC[C@@]2(C)C(=CC[C@H]3[C@@H]4CC[C@H]([C@H](C)CCCC(C)C)[C@@]4(C)CC[Si@@H]32)C1. The van der Waals surface area contributed by atoms with Crippen molar-refractivity contribution < 1.29 is 4.74 Å². The quantitative estimate of drug-likeness (QED) is 0.317. The Hall–Kier alpha value is -0.0831. The molecular weight excluding hydrogens is 368 g/mol. The van der Waals surface area contributed by atoms with Crippen molar-refractivity contribution in [3.8, 4) is 0 Å². The van der Waals surface area contributed by atoms with E-state index in [1.807, 2.05) is 12.7 Å². The average Bonchev–Trinajstić information content (AvgIpc) is 3.04. The highest BCUT2D eigenvalue weighted by Crippen LogP contribution is 2.68. The van der Waals surface area contributed by atoms with E-state index >= 15 is 0 Å². The predicted molar refractivity (Wildman–Crippen MR) is 128 cm³/mol. The largest absolute Gasteiger partial charge is 0.381 e. The monoisotopic (exact) mass is 416 g/mol. The molecule has 0 aromatic heterocycles. The standard InChI is InChI=1S/C27H48OSi/c1-19(2)8-7-9-20(3)23-11-12-24-25-13-10-21-18-22(28-6)14-15-27(21,5)29(25)17-16-26(23,24)4/h10,19-20,22-25,29H,7-9,11-18H2,1-6H3/t20-,22-,23-,24+,25+,26-,27+,29+/m1/s1. The van der Waals surface area contributed by atoms with E-state index in [1.165, 1.54) is 51.4 Å². The van der Waals surface area contributed by atoms with E-state index in [9.17, 15) is 0 Å². The zero-order chi connectivity index (χ0) is 20.8. The van der Waals surface area contributed by atoms with Crippen LogP contribution in [0.2, 0.25) is 16.6 Å². The number of fused-ring (bicyclic) bond motifs is 5. The molecule has 1 nitrogen and oxygen atoms in total. The average molecular weight is 417 g/mol. The lowest BCUT2D eigenvalue weighted by Gasteiger charge is -2.58. The first kappa shape index (κ1) is 22.1. The van der Waals surface area contributed by atoms with Gasteiger partial charge in [-0.1, -0.05) is 71.6 Å². The second-order valence-corrected chi connectivity index (χ2v) is 16.3. The van der Waals surface area contributed by atoms with Crippen molar-refractivity contribution >= 4 is 8.80 Å². The lowest BCUT2D eigenvalue weighted by atomic mass is 9.65. The molecule has 8 atom stereocenters. The minimum absolute atomic E-state index is 0.497. The summed E-state index contributed by atoms with van der Waals surface area (Å²) in [7, 11) is 1.16. The van der Waals surface area contributed by atoms with Crippen molar-refractivity contribution in [3.63, 3.8) is 0 Å². The summed E-state index contributed by atoms with van der Waals surface area (Å²) in [6.07, 6.45) is 17.6. The highest BCUT2D eigenvalue weighted by molar-refractivity contribution is 6.65. The van der Waals surface area contributed by atoms with Gasteiger partial charge in [0.2, 0.25) is 0 Å². The maximum atomic E-state index is 5.77. The zero-order valence-electron chi connectivity index (χ0n) is 20.3. The predicted octanol–water partition coefficient (Wildman–Crippen LogP) is 7.77. The first-order chi connectivity index (χ1) is 13.8. The van der Waals surface area contributed by atoms with Gasteiger partial charge in [0.15, 0.2) is 0 Å². The molecule has 0 aromatic rings. The van der Waals surface area contributed by atoms with Crippen LogP contribution in [0.15, 0.2) is 11.6 Å². The zero-order valence-corrected chi connectivity index (χ0v) is 21.5. The Morgan fingerprint density at radius 3 is 2.62 bits per heavy atom. The fourth-order valence-electron chi connectivity index (χ4n) is 8.85. The molecule has 2 aliphatic carbocycles. The van der Waals surface area contributed by atoms with Gasteiger partial charge in [-0.25, -0.2) is 0 Å². The topological polar surface area (TPSA) is 9.23 Å². The van der Waals surface area contributed by atoms with Gasteiger partial charge in [0, 0.05) is 7.11 Å². The van der Waals surface area contributed by atoms with Crippen molar-refractivity contribution in [2.75, 3.05) is 7.11 Å². The first-order valence-electron chi connectivity index (χ1n) is 13.0. The molecule has 166 valence electrons. The lowest BCUT2D eigenvalue weighted by molar-refractivity contribution is 0.0714. The van der Waals surface area contributed by atoms with Gasteiger partial charge in [-0.15, -0.1) is 0 Å². The summed E-state index contributed by atoms with van der Waals surface area (Å²) in [6, 6.07) is 1.62. The molecule has 0 amide bonds. The fraction of sp³-hybridized carbons (Fsp3) is 0.926. The normalized spacial score (nSPS) is 45.3. The maximum Gasteiger partial charge on any atom is 0.0608 e. The van der Waals surface area contributed by atoms with Crippen molar-refractivity contribution in [2.24, 2.45) is 29.1 Å². The van der Waals surface area contributed by atoms with Crippen molar-refractivity contribution in [3.05, 3.63) is 11.6 Å². The van der Waals surface area contributed by atoms with Crippen LogP contribution in [0, 0.1) is 29.1 Å². The van der Waals surface area contributed by atoms with Crippen LogP contribution in [0.4, 0.5) is 0 Å². The Bertz CT molecular complexity index is 612.